The topological polar surface area (TPSA) is 44.5 Å². The summed E-state index contributed by atoms with van der Waals surface area (Å²) in [4.78, 5) is 10.4. The van der Waals surface area contributed by atoms with Gasteiger partial charge in [-0.25, -0.2) is 4.98 Å². The molecule has 0 aliphatic heterocycles. The van der Waals surface area contributed by atoms with Crippen molar-refractivity contribution in [3.05, 3.63) is 41.2 Å². The summed E-state index contributed by atoms with van der Waals surface area (Å²) in [7, 11) is 0. The van der Waals surface area contributed by atoms with Crippen molar-refractivity contribution in [1.82, 2.24) is 15.0 Å². The van der Waals surface area contributed by atoms with Gasteiger partial charge in [-0.2, -0.15) is 0 Å². The average molecular weight is 311 g/mol. The first-order chi connectivity index (χ1) is 10.1. The number of nitrogens with zero attached hydrogens (tertiary/aromatic N) is 1. The van der Waals surface area contributed by atoms with Crippen LogP contribution >= 0.6 is 0 Å². The molecule has 3 heteroatoms. The van der Waals surface area contributed by atoms with Crippen LogP contribution in [-0.2, 0) is 10.8 Å². The van der Waals surface area contributed by atoms with Crippen LogP contribution in [0.25, 0.3) is 0 Å². The molecule has 2 N–H and O–H groups in total. The fourth-order valence-corrected chi connectivity index (χ4v) is 1.69. The molecular formula is C20H29N3. The van der Waals surface area contributed by atoms with E-state index in [-0.39, 0.29) is 18.3 Å². The van der Waals surface area contributed by atoms with E-state index in [0.717, 1.165) is 17.1 Å². The van der Waals surface area contributed by atoms with Crippen LogP contribution in [0.5, 0.6) is 0 Å². The predicted octanol–water partition coefficient (Wildman–Crippen LogP) is 4.62. The van der Waals surface area contributed by atoms with Crippen molar-refractivity contribution in [1.29, 1.82) is 0 Å². The minimum absolute atomic E-state index is 0. The fourth-order valence-electron chi connectivity index (χ4n) is 1.69. The van der Waals surface area contributed by atoms with E-state index < -0.39 is 0 Å². The van der Waals surface area contributed by atoms with Gasteiger partial charge in [-0.3, -0.25) is 0 Å². The van der Waals surface area contributed by atoms with E-state index in [0.29, 0.717) is 0 Å². The fraction of sp³-hybridized carbons (Fsp3) is 0.450. The molecule has 2 heterocycles. The zero-order chi connectivity index (χ0) is 17.0. The van der Waals surface area contributed by atoms with Crippen molar-refractivity contribution in [3.8, 4) is 24.7 Å². The Morgan fingerprint density at radius 1 is 1.00 bits per heavy atom. The Kier molecular flexibility index (Phi) is 6.94. The number of hydrogen-bond donors (Lipinski definition) is 2. The molecule has 2 aromatic heterocycles. The summed E-state index contributed by atoms with van der Waals surface area (Å²) in [6.45, 7) is 12.7. The molecule has 0 unspecified atom stereocenters. The zero-order valence-corrected chi connectivity index (χ0v) is 14.3. The van der Waals surface area contributed by atoms with Crippen LogP contribution in [0.2, 0.25) is 0 Å². The lowest BCUT2D eigenvalue weighted by molar-refractivity contribution is 0.552. The van der Waals surface area contributed by atoms with E-state index in [2.05, 4.69) is 68.3 Å². The Balaban J connectivity index is 0.000000403. The largest absolute Gasteiger partial charge is 0.363 e. The lowest BCUT2D eigenvalue weighted by Crippen LogP contribution is -2.13. The number of hydrogen-bond acceptors (Lipinski definition) is 1. The number of imidazole rings is 1. The average Bonchev–Trinajstić information content (AvgIpc) is 3.07. The summed E-state index contributed by atoms with van der Waals surface area (Å²) in [5, 5.41) is 0. The van der Waals surface area contributed by atoms with E-state index in [4.69, 9.17) is 12.8 Å². The number of H-pyrrole nitrogens is 2. The monoisotopic (exact) mass is 311 g/mol. The van der Waals surface area contributed by atoms with Gasteiger partial charge in [-0.05, 0) is 6.07 Å². The molecule has 0 bridgehead atoms. The highest BCUT2D eigenvalue weighted by Gasteiger charge is 2.16. The third-order valence-electron chi connectivity index (χ3n) is 3.10. The molecule has 0 aromatic carbocycles. The molecule has 0 amide bonds. The maximum Gasteiger partial charge on any atom is 0.112 e. The van der Waals surface area contributed by atoms with Gasteiger partial charge in [-0.15, -0.1) is 12.8 Å². The maximum atomic E-state index is 5.24. The quantitative estimate of drug-likeness (QED) is 0.685. The smallest absolute Gasteiger partial charge is 0.112 e. The highest BCUT2D eigenvalue weighted by atomic mass is 14.9. The van der Waals surface area contributed by atoms with Gasteiger partial charge in [0.25, 0.3) is 0 Å². The molecule has 0 saturated heterocycles. The molecule has 0 spiro atoms. The number of aromatic amines is 2. The van der Waals surface area contributed by atoms with E-state index in [1.807, 2.05) is 12.3 Å². The third kappa shape index (κ3) is 6.09. The maximum absolute atomic E-state index is 5.24. The number of nitrogens with one attached hydrogen (secondary N) is 2. The molecule has 124 valence electrons. The van der Waals surface area contributed by atoms with Crippen molar-refractivity contribution in [2.24, 2.45) is 0 Å². The van der Waals surface area contributed by atoms with Crippen LogP contribution in [0.1, 0.15) is 71.7 Å². The van der Waals surface area contributed by atoms with Crippen LogP contribution in [0.15, 0.2) is 18.5 Å². The lowest BCUT2D eigenvalue weighted by Gasteiger charge is -2.15. The number of rotatable bonds is 0. The van der Waals surface area contributed by atoms with Crippen molar-refractivity contribution in [2.45, 2.75) is 59.8 Å². The van der Waals surface area contributed by atoms with Crippen LogP contribution < -0.4 is 0 Å². The molecule has 23 heavy (non-hydrogen) atoms. The Bertz CT molecular complexity index is 627. The minimum Gasteiger partial charge on any atom is -0.363 e. The van der Waals surface area contributed by atoms with Crippen LogP contribution in [0.4, 0.5) is 0 Å². The summed E-state index contributed by atoms with van der Waals surface area (Å²) in [6, 6.07) is 2.01. The van der Waals surface area contributed by atoms with E-state index in [1.165, 1.54) is 5.69 Å². The molecule has 0 aliphatic carbocycles. The lowest BCUT2D eigenvalue weighted by atomic mass is 9.92. The van der Waals surface area contributed by atoms with Crippen molar-refractivity contribution in [3.63, 3.8) is 0 Å². The van der Waals surface area contributed by atoms with Gasteiger partial charge in [0.2, 0.25) is 0 Å². The van der Waals surface area contributed by atoms with Gasteiger partial charge in [0.15, 0.2) is 0 Å². The first-order valence-corrected chi connectivity index (χ1v) is 7.25. The Morgan fingerprint density at radius 3 is 1.87 bits per heavy atom. The highest BCUT2D eigenvalue weighted by Crippen LogP contribution is 2.21. The molecule has 3 nitrogen and oxygen atoms in total. The second-order valence-corrected chi connectivity index (χ2v) is 7.24. The molecule has 2 rings (SSSR count). The van der Waals surface area contributed by atoms with E-state index in [1.54, 1.807) is 6.20 Å². The molecule has 0 fully saturated rings. The first kappa shape index (κ1) is 20.6. The summed E-state index contributed by atoms with van der Waals surface area (Å²) in [5.74, 6) is 6.03. The SMILES string of the molecule is C.C#Cc1c[nH]c(C(C)(C)C)c1.C#Cc1cnc(C(C)(C)C)[nH]1. The number of terminal acetylenes is 2. The summed E-state index contributed by atoms with van der Waals surface area (Å²) >= 11 is 0. The van der Waals surface area contributed by atoms with Gasteiger partial charge < -0.3 is 9.97 Å². The van der Waals surface area contributed by atoms with Crippen molar-refractivity contribution >= 4 is 0 Å². The van der Waals surface area contributed by atoms with Crippen molar-refractivity contribution < 1.29 is 0 Å². The third-order valence-corrected chi connectivity index (χ3v) is 3.10. The normalized spacial score (nSPS) is 10.6. The minimum atomic E-state index is 0. The summed E-state index contributed by atoms with van der Waals surface area (Å²) in [6.07, 6.45) is 14.0. The van der Waals surface area contributed by atoms with E-state index >= 15 is 0 Å². The molecule has 0 atom stereocenters. The van der Waals surface area contributed by atoms with Gasteiger partial charge in [0.1, 0.15) is 11.5 Å². The van der Waals surface area contributed by atoms with Gasteiger partial charge in [0.05, 0.1) is 6.20 Å². The molecule has 0 aliphatic rings. The van der Waals surface area contributed by atoms with Crippen LogP contribution in [0, 0.1) is 24.7 Å². The Labute approximate surface area is 141 Å². The summed E-state index contributed by atoms with van der Waals surface area (Å²) in [5.41, 5.74) is 3.07. The van der Waals surface area contributed by atoms with Crippen LogP contribution in [0.3, 0.4) is 0 Å². The van der Waals surface area contributed by atoms with Gasteiger partial charge >= 0.3 is 0 Å². The first-order valence-electron chi connectivity index (χ1n) is 7.25. The zero-order valence-electron chi connectivity index (χ0n) is 14.3. The van der Waals surface area contributed by atoms with E-state index in [9.17, 15) is 0 Å². The molecule has 2 aromatic rings. The highest BCUT2D eigenvalue weighted by molar-refractivity contribution is 5.34. The molecule has 0 radical (unpaired) electrons. The standard InChI is InChI=1S/C10H13N.C9H12N2.CH4/c1-5-8-6-9(11-7-8)10(2,3)4;1-5-7-6-10-8(11-7)9(2,3)4;/h1,6-7,11H,2-4H3;1,6H,2-4H3,(H,10,11);1H4. The Hall–Kier alpha value is -2.39. The summed E-state index contributed by atoms with van der Waals surface area (Å²) < 4.78 is 0. The second-order valence-electron chi connectivity index (χ2n) is 7.24. The molecule has 0 saturated carbocycles. The van der Waals surface area contributed by atoms with Gasteiger partial charge in [-0.1, -0.05) is 60.8 Å². The van der Waals surface area contributed by atoms with Gasteiger partial charge in [0, 0.05) is 28.3 Å². The predicted molar refractivity (Wildman–Crippen MR) is 99.4 cm³/mol. The van der Waals surface area contributed by atoms with Crippen LogP contribution in [-0.4, -0.2) is 15.0 Å². The molecular weight excluding hydrogens is 282 g/mol. The Morgan fingerprint density at radius 2 is 1.61 bits per heavy atom. The number of aromatic nitrogens is 3. The van der Waals surface area contributed by atoms with Crippen molar-refractivity contribution in [2.75, 3.05) is 0 Å². The second kappa shape index (κ2) is 7.75.